The summed E-state index contributed by atoms with van der Waals surface area (Å²) in [5, 5.41) is 13.8. The average molecular weight is 403 g/mol. The first-order valence-corrected chi connectivity index (χ1v) is 9.45. The molecule has 4 aromatic rings. The fourth-order valence-corrected chi connectivity index (χ4v) is 3.00. The van der Waals surface area contributed by atoms with E-state index in [-0.39, 0.29) is 5.91 Å². The number of benzene rings is 2. The molecule has 0 bridgehead atoms. The van der Waals surface area contributed by atoms with Gasteiger partial charge in [0.15, 0.2) is 0 Å². The van der Waals surface area contributed by atoms with E-state index in [1.165, 1.54) is 0 Å². The van der Waals surface area contributed by atoms with Crippen LogP contribution in [0, 0.1) is 6.92 Å². The molecule has 0 unspecified atom stereocenters. The number of carbonyl (C=O) groups excluding carboxylic acids is 1. The summed E-state index contributed by atoms with van der Waals surface area (Å²) in [6.07, 6.45) is 0. The second kappa shape index (κ2) is 8.20. The Kier molecular flexibility index (Phi) is 5.30. The molecule has 8 heteroatoms. The molecule has 0 fully saturated rings. The van der Waals surface area contributed by atoms with Gasteiger partial charge >= 0.3 is 0 Å². The molecule has 2 N–H and O–H groups in total. The molecule has 0 aliphatic carbocycles. The highest BCUT2D eigenvalue weighted by molar-refractivity contribution is 5.93. The minimum atomic E-state index is -0.462. The third kappa shape index (κ3) is 4.07. The summed E-state index contributed by atoms with van der Waals surface area (Å²) < 4.78 is 10.5. The molecule has 0 saturated carbocycles. The minimum Gasteiger partial charge on any atom is -0.497 e. The number of aromatic amines is 1. The molecule has 2 heterocycles. The summed E-state index contributed by atoms with van der Waals surface area (Å²) in [4.78, 5) is 17.0. The van der Waals surface area contributed by atoms with Gasteiger partial charge in [-0.05, 0) is 50.2 Å². The molecule has 2 aromatic carbocycles. The maximum atomic E-state index is 12.6. The lowest BCUT2D eigenvalue weighted by Crippen LogP contribution is -2.27. The SMILES string of the molecule is COc1ccc(-c2cc(C(=O)N[C@@H](C)c3nc(-c4cccc(C)c4)no3)[nH]n2)cc1. The third-order valence-corrected chi connectivity index (χ3v) is 4.64. The van der Waals surface area contributed by atoms with Crippen molar-refractivity contribution < 1.29 is 14.1 Å². The Bertz CT molecular complexity index is 1160. The smallest absolute Gasteiger partial charge is 0.269 e. The van der Waals surface area contributed by atoms with Crippen LogP contribution in [0.3, 0.4) is 0 Å². The van der Waals surface area contributed by atoms with E-state index in [4.69, 9.17) is 9.26 Å². The number of methoxy groups -OCH3 is 1. The van der Waals surface area contributed by atoms with Gasteiger partial charge in [-0.1, -0.05) is 28.9 Å². The fraction of sp³-hybridized carbons (Fsp3) is 0.182. The Morgan fingerprint density at radius 3 is 2.67 bits per heavy atom. The normalized spacial score (nSPS) is 11.8. The molecule has 0 aliphatic heterocycles. The minimum absolute atomic E-state index is 0.315. The van der Waals surface area contributed by atoms with Crippen LogP contribution in [0.2, 0.25) is 0 Å². The van der Waals surface area contributed by atoms with Crippen LogP contribution < -0.4 is 10.1 Å². The van der Waals surface area contributed by atoms with Gasteiger partial charge in [0.25, 0.3) is 5.91 Å². The topological polar surface area (TPSA) is 106 Å². The zero-order valence-corrected chi connectivity index (χ0v) is 16.8. The first-order chi connectivity index (χ1) is 14.5. The molecule has 8 nitrogen and oxygen atoms in total. The lowest BCUT2D eigenvalue weighted by molar-refractivity contribution is 0.0927. The van der Waals surface area contributed by atoms with Gasteiger partial charge in [0.2, 0.25) is 11.7 Å². The molecule has 2 aromatic heterocycles. The van der Waals surface area contributed by atoms with Crippen molar-refractivity contribution in [2.45, 2.75) is 19.9 Å². The second-order valence-corrected chi connectivity index (χ2v) is 6.92. The highest BCUT2D eigenvalue weighted by Gasteiger charge is 2.19. The van der Waals surface area contributed by atoms with Crippen molar-refractivity contribution in [1.29, 1.82) is 0 Å². The predicted molar refractivity (Wildman–Crippen MR) is 111 cm³/mol. The Labute approximate surface area is 173 Å². The van der Waals surface area contributed by atoms with E-state index < -0.39 is 6.04 Å². The molecular formula is C22H21N5O3. The van der Waals surface area contributed by atoms with Crippen molar-refractivity contribution in [2.75, 3.05) is 7.11 Å². The van der Waals surface area contributed by atoms with E-state index >= 15 is 0 Å². The zero-order chi connectivity index (χ0) is 21.1. The van der Waals surface area contributed by atoms with Gasteiger partial charge in [-0.15, -0.1) is 0 Å². The van der Waals surface area contributed by atoms with Crippen molar-refractivity contribution >= 4 is 5.91 Å². The highest BCUT2D eigenvalue weighted by Crippen LogP contribution is 2.22. The van der Waals surface area contributed by atoms with Crippen molar-refractivity contribution in [3.05, 3.63) is 71.7 Å². The molecule has 0 saturated heterocycles. The van der Waals surface area contributed by atoms with Crippen molar-refractivity contribution in [3.63, 3.8) is 0 Å². The molecule has 0 aliphatic rings. The Balaban J connectivity index is 1.44. The summed E-state index contributed by atoms with van der Waals surface area (Å²) in [7, 11) is 1.61. The lowest BCUT2D eigenvalue weighted by atomic mass is 10.1. The van der Waals surface area contributed by atoms with Crippen molar-refractivity contribution in [3.8, 4) is 28.4 Å². The van der Waals surface area contributed by atoms with Gasteiger partial charge in [-0.2, -0.15) is 10.1 Å². The quantitative estimate of drug-likeness (QED) is 0.505. The number of rotatable bonds is 6. The number of ether oxygens (including phenoxy) is 1. The number of H-pyrrole nitrogens is 1. The van der Waals surface area contributed by atoms with Crippen LogP contribution in [-0.2, 0) is 0 Å². The van der Waals surface area contributed by atoms with E-state index in [2.05, 4.69) is 25.7 Å². The molecular weight excluding hydrogens is 382 g/mol. The monoisotopic (exact) mass is 403 g/mol. The van der Waals surface area contributed by atoms with Crippen LogP contribution in [0.25, 0.3) is 22.6 Å². The Morgan fingerprint density at radius 1 is 1.13 bits per heavy atom. The van der Waals surface area contributed by atoms with Crippen molar-refractivity contribution in [2.24, 2.45) is 0 Å². The summed E-state index contributed by atoms with van der Waals surface area (Å²) in [5.41, 5.74) is 3.84. The van der Waals surface area contributed by atoms with Gasteiger partial charge in [0.05, 0.1) is 12.8 Å². The van der Waals surface area contributed by atoms with Crippen LogP contribution >= 0.6 is 0 Å². The number of hydrogen-bond acceptors (Lipinski definition) is 6. The second-order valence-electron chi connectivity index (χ2n) is 6.92. The summed E-state index contributed by atoms with van der Waals surface area (Å²) in [6.45, 7) is 3.78. The Hall–Kier alpha value is -3.94. The molecule has 0 radical (unpaired) electrons. The molecule has 152 valence electrons. The van der Waals surface area contributed by atoms with E-state index in [9.17, 15) is 4.79 Å². The van der Waals surface area contributed by atoms with Crippen molar-refractivity contribution in [1.82, 2.24) is 25.7 Å². The Morgan fingerprint density at radius 2 is 1.93 bits per heavy atom. The number of carbonyl (C=O) groups is 1. The molecule has 30 heavy (non-hydrogen) atoms. The number of nitrogens with one attached hydrogen (secondary N) is 2. The zero-order valence-electron chi connectivity index (χ0n) is 16.8. The number of amides is 1. The number of aromatic nitrogens is 4. The fourth-order valence-electron chi connectivity index (χ4n) is 3.00. The van der Waals surface area contributed by atoms with Crippen LogP contribution in [0.4, 0.5) is 0 Å². The first kappa shape index (κ1) is 19.4. The third-order valence-electron chi connectivity index (χ3n) is 4.64. The van der Waals surface area contributed by atoms with E-state index in [0.717, 1.165) is 22.4 Å². The van der Waals surface area contributed by atoms with Gasteiger partial charge in [-0.3, -0.25) is 9.89 Å². The van der Waals surface area contributed by atoms with Crippen LogP contribution in [0.1, 0.15) is 34.9 Å². The number of hydrogen-bond donors (Lipinski definition) is 2. The maximum absolute atomic E-state index is 12.6. The molecule has 1 amide bonds. The van der Waals surface area contributed by atoms with Crippen LogP contribution in [0.15, 0.2) is 59.1 Å². The summed E-state index contributed by atoms with van der Waals surface area (Å²) in [6, 6.07) is 16.5. The van der Waals surface area contributed by atoms with Gasteiger partial charge in [0, 0.05) is 11.1 Å². The van der Waals surface area contributed by atoms with Gasteiger partial charge in [-0.25, -0.2) is 0 Å². The standard InChI is InChI=1S/C22H21N5O3/c1-13-5-4-6-16(11-13)20-24-22(30-27-20)14(2)23-21(28)19-12-18(25-26-19)15-7-9-17(29-3)10-8-15/h4-12,14H,1-3H3,(H,23,28)(H,25,26)/t14-/m0/s1. The largest absolute Gasteiger partial charge is 0.497 e. The number of aryl methyl sites for hydroxylation is 1. The molecule has 0 spiro atoms. The van der Waals surface area contributed by atoms with Crippen LogP contribution in [-0.4, -0.2) is 33.4 Å². The summed E-state index contributed by atoms with van der Waals surface area (Å²) >= 11 is 0. The van der Waals surface area contributed by atoms with E-state index in [1.807, 2.05) is 55.5 Å². The van der Waals surface area contributed by atoms with E-state index in [0.29, 0.717) is 23.1 Å². The van der Waals surface area contributed by atoms with Gasteiger partial charge in [0.1, 0.15) is 17.5 Å². The molecule has 1 atom stereocenters. The predicted octanol–water partition coefficient (Wildman–Crippen LogP) is 3.93. The first-order valence-electron chi connectivity index (χ1n) is 9.45. The maximum Gasteiger partial charge on any atom is 0.269 e. The highest BCUT2D eigenvalue weighted by atomic mass is 16.5. The van der Waals surface area contributed by atoms with Crippen LogP contribution in [0.5, 0.6) is 5.75 Å². The lowest BCUT2D eigenvalue weighted by Gasteiger charge is -2.07. The van der Waals surface area contributed by atoms with E-state index in [1.54, 1.807) is 20.1 Å². The average Bonchev–Trinajstić information content (AvgIpc) is 3.44. The number of nitrogens with zero attached hydrogens (tertiary/aromatic N) is 3. The van der Waals surface area contributed by atoms with Gasteiger partial charge < -0.3 is 14.6 Å². The summed E-state index contributed by atoms with van der Waals surface area (Å²) in [5.74, 6) is 1.25. The molecule has 4 rings (SSSR count).